The van der Waals surface area contributed by atoms with Crippen molar-refractivity contribution in [3.8, 4) is 5.75 Å². The third-order valence-electron chi connectivity index (χ3n) is 4.48. The molecule has 0 spiro atoms. The highest BCUT2D eigenvalue weighted by Crippen LogP contribution is 2.18. The Morgan fingerprint density at radius 1 is 0.966 bits per heavy atom. The molecule has 0 heterocycles. The van der Waals surface area contributed by atoms with E-state index < -0.39 is 0 Å². The van der Waals surface area contributed by atoms with Crippen molar-refractivity contribution in [2.45, 2.75) is 13.5 Å². The first kappa shape index (κ1) is 20.2. The molecule has 0 fully saturated rings. The van der Waals surface area contributed by atoms with Crippen LogP contribution >= 0.6 is 0 Å². The van der Waals surface area contributed by atoms with Crippen LogP contribution in [-0.4, -0.2) is 24.6 Å². The van der Waals surface area contributed by atoms with Gasteiger partial charge in [0.2, 0.25) is 0 Å². The van der Waals surface area contributed by atoms with Gasteiger partial charge in [0.15, 0.2) is 0 Å². The maximum absolute atomic E-state index is 13.1. The van der Waals surface area contributed by atoms with Crippen LogP contribution in [0.3, 0.4) is 0 Å². The number of carbonyl (C=O) groups is 1. The lowest BCUT2D eigenvalue weighted by Gasteiger charge is -2.24. The molecule has 2 amide bonds. The zero-order valence-electron chi connectivity index (χ0n) is 16.8. The topological polar surface area (TPSA) is 41.6 Å². The van der Waals surface area contributed by atoms with Gasteiger partial charge in [0.25, 0.3) is 0 Å². The van der Waals surface area contributed by atoms with E-state index in [4.69, 9.17) is 4.74 Å². The van der Waals surface area contributed by atoms with Crippen LogP contribution < -0.4 is 10.1 Å². The van der Waals surface area contributed by atoms with E-state index in [1.165, 1.54) is 0 Å². The van der Waals surface area contributed by atoms with E-state index in [1.54, 1.807) is 7.11 Å². The van der Waals surface area contributed by atoms with Gasteiger partial charge in [-0.05, 0) is 30.2 Å². The van der Waals surface area contributed by atoms with Crippen LogP contribution in [0.15, 0.2) is 90.5 Å². The molecule has 0 aliphatic heterocycles. The number of hydrogen-bond donors (Lipinski definition) is 1. The van der Waals surface area contributed by atoms with E-state index in [0.29, 0.717) is 24.5 Å². The summed E-state index contributed by atoms with van der Waals surface area (Å²) < 4.78 is 5.25. The maximum atomic E-state index is 13.1. The first-order valence-electron chi connectivity index (χ1n) is 9.60. The van der Waals surface area contributed by atoms with E-state index in [-0.39, 0.29) is 6.03 Å². The summed E-state index contributed by atoms with van der Waals surface area (Å²) in [5.74, 6) is 0.706. The number of amides is 2. The lowest BCUT2D eigenvalue weighted by molar-refractivity contribution is 0.214. The van der Waals surface area contributed by atoms with Crippen LogP contribution in [-0.2, 0) is 6.54 Å². The standard InChI is InChI=1S/C25H26N2O2/c1-20(16-21-10-5-3-6-11-21)18-27(19-22-12-7-4-8-13-22)25(28)26-23-14-9-15-24(17-23)29-2/h3-17H,18-19H2,1-2H3,(H,26,28)/b20-16+. The zero-order valence-corrected chi connectivity index (χ0v) is 16.8. The Hall–Kier alpha value is -3.53. The SMILES string of the molecule is COc1cccc(NC(=O)N(C/C(C)=C/c2ccccc2)Cc2ccccc2)c1. The monoisotopic (exact) mass is 386 g/mol. The zero-order chi connectivity index (χ0) is 20.5. The summed E-state index contributed by atoms with van der Waals surface area (Å²) in [7, 11) is 1.61. The summed E-state index contributed by atoms with van der Waals surface area (Å²) in [6.45, 7) is 3.10. The van der Waals surface area contributed by atoms with Crippen molar-refractivity contribution < 1.29 is 9.53 Å². The average molecular weight is 386 g/mol. The molecule has 0 saturated carbocycles. The Kier molecular flexibility index (Phi) is 7.06. The summed E-state index contributed by atoms with van der Waals surface area (Å²) in [5.41, 5.74) is 4.02. The second kappa shape index (κ2) is 10.1. The molecule has 0 saturated heterocycles. The van der Waals surface area contributed by atoms with E-state index >= 15 is 0 Å². The van der Waals surface area contributed by atoms with Gasteiger partial charge in [0.05, 0.1) is 7.11 Å². The largest absolute Gasteiger partial charge is 0.497 e. The van der Waals surface area contributed by atoms with Gasteiger partial charge in [-0.25, -0.2) is 4.79 Å². The molecule has 4 nitrogen and oxygen atoms in total. The van der Waals surface area contributed by atoms with Crippen molar-refractivity contribution in [2.24, 2.45) is 0 Å². The molecule has 3 aromatic rings. The second-order valence-electron chi connectivity index (χ2n) is 6.91. The first-order chi connectivity index (χ1) is 14.1. The normalized spacial score (nSPS) is 11.0. The van der Waals surface area contributed by atoms with Gasteiger partial charge >= 0.3 is 6.03 Å². The van der Waals surface area contributed by atoms with E-state index in [2.05, 4.69) is 23.5 Å². The van der Waals surface area contributed by atoms with Crippen LogP contribution in [0.25, 0.3) is 6.08 Å². The molecular formula is C25H26N2O2. The molecule has 0 radical (unpaired) electrons. The van der Waals surface area contributed by atoms with Gasteiger partial charge in [-0.2, -0.15) is 0 Å². The predicted molar refractivity (Wildman–Crippen MR) is 119 cm³/mol. The Balaban J connectivity index is 1.78. The Morgan fingerprint density at radius 2 is 1.66 bits per heavy atom. The van der Waals surface area contributed by atoms with Gasteiger partial charge in [-0.3, -0.25) is 0 Å². The molecule has 29 heavy (non-hydrogen) atoms. The number of benzene rings is 3. The highest BCUT2D eigenvalue weighted by Gasteiger charge is 2.15. The fraction of sp³-hybridized carbons (Fsp3) is 0.160. The number of methoxy groups -OCH3 is 1. The Morgan fingerprint density at radius 3 is 2.34 bits per heavy atom. The number of hydrogen-bond acceptors (Lipinski definition) is 2. The molecule has 0 aliphatic rings. The number of nitrogens with zero attached hydrogens (tertiary/aromatic N) is 1. The first-order valence-corrected chi connectivity index (χ1v) is 9.60. The molecule has 3 rings (SSSR count). The smallest absolute Gasteiger partial charge is 0.322 e. The minimum absolute atomic E-state index is 0.150. The van der Waals surface area contributed by atoms with Gasteiger partial charge in [0, 0.05) is 24.8 Å². The lowest BCUT2D eigenvalue weighted by atomic mass is 10.1. The van der Waals surface area contributed by atoms with Gasteiger partial charge in [-0.1, -0.05) is 78.4 Å². The van der Waals surface area contributed by atoms with E-state index in [9.17, 15) is 4.79 Å². The fourth-order valence-corrected chi connectivity index (χ4v) is 3.09. The predicted octanol–water partition coefficient (Wildman–Crippen LogP) is 5.83. The van der Waals surface area contributed by atoms with Crippen molar-refractivity contribution in [1.29, 1.82) is 0 Å². The number of ether oxygens (including phenoxy) is 1. The van der Waals surface area contributed by atoms with Crippen LogP contribution in [0.4, 0.5) is 10.5 Å². The molecule has 0 atom stereocenters. The number of urea groups is 1. The minimum atomic E-state index is -0.150. The highest BCUT2D eigenvalue weighted by atomic mass is 16.5. The van der Waals surface area contributed by atoms with Crippen molar-refractivity contribution >= 4 is 17.8 Å². The molecular weight excluding hydrogens is 360 g/mol. The summed E-state index contributed by atoms with van der Waals surface area (Å²) in [5, 5.41) is 2.99. The molecule has 3 aromatic carbocycles. The van der Waals surface area contributed by atoms with Crippen molar-refractivity contribution in [3.63, 3.8) is 0 Å². The van der Waals surface area contributed by atoms with Crippen LogP contribution in [0.2, 0.25) is 0 Å². The quantitative estimate of drug-likeness (QED) is 0.555. The average Bonchev–Trinajstić information content (AvgIpc) is 2.75. The Bertz CT molecular complexity index is 953. The van der Waals surface area contributed by atoms with Crippen LogP contribution in [0.1, 0.15) is 18.1 Å². The third kappa shape index (κ3) is 6.25. The number of carbonyl (C=O) groups excluding carboxylic acids is 1. The van der Waals surface area contributed by atoms with Crippen molar-refractivity contribution in [2.75, 3.05) is 19.0 Å². The van der Waals surface area contributed by atoms with E-state index in [1.807, 2.05) is 84.6 Å². The van der Waals surface area contributed by atoms with Crippen molar-refractivity contribution in [1.82, 2.24) is 4.90 Å². The number of nitrogens with one attached hydrogen (secondary N) is 1. The maximum Gasteiger partial charge on any atom is 0.322 e. The minimum Gasteiger partial charge on any atom is -0.497 e. The molecule has 0 aliphatic carbocycles. The van der Waals surface area contributed by atoms with Crippen LogP contribution in [0.5, 0.6) is 5.75 Å². The van der Waals surface area contributed by atoms with Crippen molar-refractivity contribution in [3.05, 3.63) is 102 Å². The highest BCUT2D eigenvalue weighted by molar-refractivity contribution is 5.89. The molecule has 4 heteroatoms. The van der Waals surface area contributed by atoms with Crippen LogP contribution in [0, 0.1) is 0 Å². The van der Waals surface area contributed by atoms with Gasteiger partial charge in [-0.15, -0.1) is 0 Å². The molecule has 0 bridgehead atoms. The molecule has 0 unspecified atom stereocenters. The summed E-state index contributed by atoms with van der Waals surface area (Å²) in [6.07, 6.45) is 2.11. The van der Waals surface area contributed by atoms with Gasteiger partial charge in [0.1, 0.15) is 5.75 Å². The van der Waals surface area contributed by atoms with Gasteiger partial charge < -0.3 is 15.0 Å². The Labute approximate surface area is 172 Å². The lowest BCUT2D eigenvalue weighted by Crippen LogP contribution is -2.35. The molecule has 0 aromatic heterocycles. The molecule has 1 N–H and O–H groups in total. The molecule has 148 valence electrons. The third-order valence-corrected chi connectivity index (χ3v) is 4.48. The summed E-state index contributed by atoms with van der Waals surface area (Å²) >= 11 is 0. The fourth-order valence-electron chi connectivity index (χ4n) is 3.09. The number of rotatable bonds is 7. The summed E-state index contributed by atoms with van der Waals surface area (Å²) in [4.78, 5) is 14.9. The van der Waals surface area contributed by atoms with E-state index in [0.717, 1.165) is 16.7 Å². The number of anilines is 1. The summed E-state index contributed by atoms with van der Waals surface area (Å²) in [6, 6.07) is 27.4. The second-order valence-corrected chi connectivity index (χ2v) is 6.91.